The number of rotatable bonds is 4. The summed E-state index contributed by atoms with van der Waals surface area (Å²) in [7, 11) is 1.62. The second kappa shape index (κ2) is 4.23. The molecule has 2 nitrogen and oxygen atoms in total. The van der Waals surface area contributed by atoms with E-state index in [1.807, 2.05) is 0 Å². The van der Waals surface area contributed by atoms with Crippen LogP contribution in [0.3, 0.4) is 0 Å². The van der Waals surface area contributed by atoms with E-state index in [2.05, 4.69) is 27.7 Å². The van der Waals surface area contributed by atoms with Gasteiger partial charge in [-0.1, -0.05) is 27.7 Å². The van der Waals surface area contributed by atoms with Crippen LogP contribution in [0.5, 0.6) is 0 Å². The van der Waals surface area contributed by atoms with Crippen LogP contribution < -0.4 is 0 Å². The Balaban J connectivity index is 0. The molecule has 0 heterocycles. The second-order valence-corrected chi connectivity index (χ2v) is 8.01. The Morgan fingerprint density at radius 2 is 1.18 bits per heavy atom. The molecule has 0 saturated carbocycles. The van der Waals surface area contributed by atoms with Crippen LogP contribution in [0.15, 0.2) is 0 Å². The average molecular weight is 177 g/mol. The van der Waals surface area contributed by atoms with Crippen molar-refractivity contribution in [3.63, 3.8) is 0 Å². The standard InChI is InChI=1S/C8H20O2Si/c1-7(2)11(9-5,10-6)8(3)4/h7-8H,1-6H3/p+1. The zero-order valence-electron chi connectivity index (χ0n) is 9.47. The predicted molar refractivity (Wildman–Crippen MR) is 51.1 cm³/mol. The summed E-state index contributed by atoms with van der Waals surface area (Å²) in [5.41, 5.74) is 1.02. The van der Waals surface area contributed by atoms with Gasteiger partial charge >= 0.3 is 9.99 Å². The second-order valence-electron chi connectivity index (χ2n) is 3.44. The number of hydrogen-bond donors (Lipinski definition) is 0. The molecule has 0 unspecified atom stereocenters. The molecule has 11 heavy (non-hydrogen) atoms. The van der Waals surface area contributed by atoms with Gasteiger partial charge in [0, 0.05) is 14.2 Å². The third-order valence-corrected chi connectivity index (χ3v) is 6.74. The van der Waals surface area contributed by atoms with Gasteiger partial charge < -0.3 is 8.85 Å². The lowest BCUT2D eigenvalue weighted by atomic mass is 10.5. The average Bonchev–Trinajstić information content (AvgIpc) is 1.90. The molecule has 3 heteroatoms. The van der Waals surface area contributed by atoms with Gasteiger partial charge in [-0.2, -0.15) is 0 Å². The molecule has 0 aliphatic heterocycles. The maximum absolute atomic E-state index is 5.53. The first-order valence-corrected chi connectivity index (χ1v) is 6.08. The summed E-state index contributed by atoms with van der Waals surface area (Å²) in [6.45, 7) is 8.66. The van der Waals surface area contributed by atoms with Crippen molar-refractivity contribution >= 4 is 8.56 Å². The molecule has 0 N–H and O–H groups in total. The molecule has 0 aromatic carbocycles. The molecular formula is C8H21O2Si+. The lowest BCUT2D eigenvalue weighted by Gasteiger charge is -2.34. The summed E-state index contributed by atoms with van der Waals surface area (Å²) in [4.78, 5) is 0. The molecule has 0 saturated heterocycles. The molecule has 0 rings (SSSR count). The highest BCUT2D eigenvalue weighted by Gasteiger charge is 2.42. The van der Waals surface area contributed by atoms with Crippen molar-refractivity contribution in [2.75, 3.05) is 14.2 Å². The molecule has 0 fully saturated rings. The van der Waals surface area contributed by atoms with Gasteiger partial charge in [0.2, 0.25) is 0 Å². The predicted octanol–water partition coefficient (Wildman–Crippen LogP) is 2.65. The molecule has 0 radical (unpaired) electrons. The molecule has 0 bridgehead atoms. The Labute approximate surface area is 72.6 Å². The zero-order valence-corrected chi connectivity index (χ0v) is 9.47. The summed E-state index contributed by atoms with van der Waals surface area (Å²) in [6, 6.07) is 0. The number of hydrogen-bond acceptors (Lipinski definition) is 2. The Bertz CT molecular complexity index is 104. The third kappa shape index (κ3) is 2.04. The van der Waals surface area contributed by atoms with E-state index in [-0.39, 0.29) is 1.43 Å². The van der Waals surface area contributed by atoms with Crippen LogP contribution in [0.4, 0.5) is 0 Å². The quantitative estimate of drug-likeness (QED) is 0.615. The highest BCUT2D eigenvalue weighted by molar-refractivity contribution is 6.70. The first kappa shape index (κ1) is 11.1. The van der Waals surface area contributed by atoms with Gasteiger partial charge in [0.25, 0.3) is 0 Å². The van der Waals surface area contributed by atoms with E-state index in [1.54, 1.807) is 14.2 Å². The molecule has 0 aliphatic carbocycles. The van der Waals surface area contributed by atoms with Crippen LogP contribution in [-0.4, -0.2) is 22.8 Å². The lowest BCUT2D eigenvalue weighted by molar-refractivity contribution is 0.223. The van der Waals surface area contributed by atoms with E-state index in [0.29, 0.717) is 11.1 Å². The van der Waals surface area contributed by atoms with Gasteiger partial charge in [-0.3, -0.25) is 0 Å². The van der Waals surface area contributed by atoms with Crippen LogP contribution in [0.2, 0.25) is 11.1 Å². The summed E-state index contributed by atoms with van der Waals surface area (Å²) < 4.78 is 11.1. The highest BCUT2D eigenvalue weighted by Crippen LogP contribution is 2.32. The van der Waals surface area contributed by atoms with Gasteiger partial charge in [-0.15, -0.1) is 0 Å². The molecule has 68 valence electrons. The van der Waals surface area contributed by atoms with Crippen molar-refractivity contribution in [1.29, 1.82) is 0 Å². The van der Waals surface area contributed by atoms with E-state index in [1.165, 1.54) is 0 Å². The summed E-state index contributed by atoms with van der Waals surface area (Å²) in [5, 5.41) is 0. The Hall–Kier alpha value is 0.137. The van der Waals surface area contributed by atoms with Crippen LogP contribution in [-0.2, 0) is 8.85 Å². The SMILES string of the molecule is CO[Si](OC)(C(C)C)C(C)C.[H+]. The van der Waals surface area contributed by atoms with E-state index in [4.69, 9.17) is 8.85 Å². The van der Waals surface area contributed by atoms with Crippen molar-refractivity contribution in [1.82, 2.24) is 0 Å². The Kier molecular flexibility index (Phi) is 4.29. The summed E-state index contributed by atoms with van der Waals surface area (Å²) >= 11 is 0. The minimum absolute atomic E-state index is 0. The van der Waals surface area contributed by atoms with Gasteiger partial charge in [-0.05, 0) is 11.1 Å². The van der Waals surface area contributed by atoms with E-state index in [9.17, 15) is 0 Å². The first-order valence-electron chi connectivity index (χ1n) is 4.11. The Morgan fingerprint density at radius 1 is 0.909 bits per heavy atom. The van der Waals surface area contributed by atoms with Crippen LogP contribution in [0, 0.1) is 0 Å². The lowest BCUT2D eigenvalue weighted by Crippen LogP contribution is -2.46. The Morgan fingerprint density at radius 3 is 1.18 bits per heavy atom. The molecular weight excluding hydrogens is 156 g/mol. The monoisotopic (exact) mass is 177 g/mol. The minimum atomic E-state index is -1.90. The van der Waals surface area contributed by atoms with Gasteiger partial charge in [0.15, 0.2) is 0 Å². The summed E-state index contributed by atoms with van der Waals surface area (Å²) in [6.07, 6.45) is 0. The van der Waals surface area contributed by atoms with E-state index >= 15 is 0 Å². The van der Waals surface area contributed by atoms with Gasteiger partial charge in [-0.25, -0.2) is 0 Å². The first-order chi connectivity index (χ1) is 5.01. The largest absolute Gasteiger partial charge is 1.00 e. The minimum Gasteiger partial charge on any atom is -0.397 e. The molecule has 0 spiro atoms. The van der Waals surface area contributed by atoms with Crippen LogP contribution in [0.25, 0.3) is 0 Å². The van der Waals surface area contributed by atoms with Gasteiger partial charge in [0.1, 0.15) is 0 Å². The van der Waals surface area contributed by atoms with Crippen LogP contribution in [0.1, 0.15) is 29.1 Å². The van der Waals surface area contributed by atoms with Crippen molar-refractivity contribution in [2.45, 2.75) is 38.8 Å². The summed E-state index contributed by atoms with van der Waals surface area (Å²) in [5.74, 6) is 0. The molecule has 0 aromatic heterocycles. The van der Waals surface area contributed by atoms with E-state index < -0.39 is 8.56 Å². The fourth-order valence-corrected chi connectivity index (χ4v) is 5.08. The topological polar surface area (TPSA) is 18.5 Å². The normalized spacial score (nSPS) is 13.1. The van der Waals surface area contributed by atoms with Crippen molar-refractivity contribution in [3.8, 4) is 0 Å². The molecule has 0 atom stereocenters. The maximum atomic E-state index is 5.53. The maximum Gasteiger partial charge on any atom is 1.00 e. The zero-order chi connectivity index (χ0) is 9.07. The molecule has 0 amide bonds. The molecule has 0 aliphatic rings. The highest BCUT2D eigenvalue weighted by atomic mass is 28.4. The molecule has 0 aromatic rings. The van der Waals surface area contributed by atoms with Gasteiger partial charge in [0.05, 0.1) is 0 Å². The smallest absolute Gasteiger partial charge is 0.397 e. The van der Waals surface area contributed by atoms with E-state index in [0.717, 1.165) is 0 Å². The fraction of sp³-hybridized carbons (Fsp3) is 1.00. The fourth-order valence-electron chi connectivity index (χ4n) is 1.69. The van der Waals surface area contributed by atoms with Crippen molar-refractivity contribution in [3.05, 3.63) is 0 Å². The van der Waals surface area contributed by atoms with Crippen molar-refractivity contribution in [2.24, 2.45) is 0 Å². The van der Waals surface area contributed by atoms with Crippen LogP contribution >= 0.6 is 0 Å². The third-order valence-electron chi connectivity index (χ3n) is 2.25. The van der Waals surface area contributed by atoms with Crippen molar-refractivity contribution < 1.29 is 10.3 Å².